The summed E-state index contributed by atoms with van der Waals surface area (Å²) in [6.07, 6.45) is 4.45. The zero-order valence-corrected chi connectivity index (χ0v) is 19.3. The summed E-state index contributed by atoms with van der Waals surface area (Å²) in [4.78, 5) is 17.8. The van der Waals surface area contributed by atoms with E-state index in [4.69, 9.17) is 11.6 Å². The summed E-state index contributed by atoms with van der Waals surface area (Å²) in [5.74, 6) is 0.335. The van der Waals surface area contributed by atoms with Gasteiger partial charge in [-0.15, -0.1) is 0 Å². The van der Waals surface area contributed by atoms with Crippen LogP contribution in [0, 0.1) is 5.92 Å². The minimum absolute atomic E-state index is 0.107. The molecule has 9 heteroatoms. The predicted octanol–water partition coefficient (Wildman–Crippen LogP) is 3.38. The van der Waals surface area contributed by atoms with E-state index < -0.39 is 16.1 Å². The van der Waals surface area contributed by atoms with Gasteiger partial charge in [-0.2, -0.15) is 4.31 Å². The second-order valence-corrected chi connectivity index (χ2v) is 10.3. The molecule has 0 aliphatic carbocycles. The maximum atomic E-state index is 13.1. The first-order chi connectivity index (χ1) is 15.4. The zero-order chi connectivity index (χ0) is 22.7. The molecule has 0 spiro atoms. The predicted molar refractivity (Wildman–Crippen MR) is 123 cm³/mol. The van der Waals surface area contributed by atoms with E-state index in [0.29, 0.717) is 36.8 Å². The number of aromatic nitrogens is 2. The highest BCUT2D eigenvalue weighted by Gasteiger charge is 2.33. The topological polar surface area (TPSA) is 84.3 Å². The van der Waals surface area contributed by atoms with Gasteiger partial charge in [0.05, 0.1) is 4.90 Å². The Balaban J connectivity index is 1.46. The third-order valence-electron chi connectivity index (χ3n) is 5.81. The number of rotatable bonds is 6. The number of carbonyl (C=O) groups is 1. The van der Waals surface area contributed by atoms with E-state index in [1.54, 1.807) is 48.7 Å². The van der Waals surface area contributed by atoms with Crippen LogP contribution >= 0.6 is 11.6 Å². The van der Waals surface area contributed by atoms with Crippen LogP contribution in [0.3, 0.4) is 0 Å². The molecule has 7 nitrogen and oxygen atoms in total. The lowest BCUT2D eigenvalue weighted by Gasteiger charge is -2.31. The Morgan fingerprint density at radius 1 is 1.09 bits per heavy atom. The number of sulfonamides is 1. The van der Waals surface area contributed by atoms with Gasteiger partial charge in [0.1, 0.15) is 11.9 Å². The minimum atomic E-state index is -3.55. The van der Waals surface area contributed by atoms with E-state index in [9.17, 15) is 13.2 Å². The molecule has 1 aromatic heterocycles. The van der Waals surface area contributed by atoms with Crippen molar-refractivity contribution in [2.45, 2.75) is 23.8 Å². The Morgan fingerprint density at radius 3 is 2.34 bits per heavy atom. The van der Waals surface area contributed by atoms with Crippen molar-refractivity contribution < 1.29 is 13.2 Å². The van der Waals surface area contributed by atoms with Crippen molar-refractivity contribution >= 4 is 27.5 Å². The molecule has 0 radical (unpaired) electrons. The Morgan fingerprint density at radius 2 is 1.75 bits per heavy atom. The van der Waals surface area contributed by atoms with Crippen LogP contribution < -0.4 is 5.32 Å². The zero-order valence-electron chi connectivity index (χ0n) is 17.7. The van der Waals surface area contributed by atoms with E-state index in [1.807, 2.05) is 29.9 Å². The number of piperidine rings is 1. The Kier molecular flexibility index (Phi) is 6.64. The van der Waals surface area contributed by atoms with Gasteiger partial charge in [-0.3, -0.25) is 4.79 Å². The number of benzene rings is 2. The fraction of sp³-hybridized carbons (Fsp3) is 0.304. The van der Waals surface area contributed by atoms with E-state index in [-0.39, 0.29) is 16.7 Å². The molecule has 1 aliphatic rings. The van der Waals surface area contributed by atoms with E-state index in [1.165, 1.54) is 4.31 Å². The normalized spacial score (nSPS) is 16.6. The second kappa shape index (κ2) is 9.44. The lowest BCUT2D eigenvalue weighted by atomic mass is 9.96. The van der Waals surface area contributed by atoms with E-state index in [0.717, 1.165) is 5.56 Å². The van der Waals surface area contributed by atoms with Crippen LogP contribution in [0.4, 0.5) is 0 Å². The first kappa shape index (κ1) is 22.5. The number of aryl methyl sites for hydroxylation is 1. The maximum absolute atomic E-state index is 13.1. The third-order valence-corrected chi connectivity index (χ3v) is 7.98. The quantitative estimate of drug-likeness (QED) is 0.596. The van der Waals surface area contributed by atoms with Gasteiger partial charge in [0.15, 0.2) is 0 Å². The van der Waals surface area contributed by atoms with E-state index in [2.05, 4.69) is 10.3 Å². The van der Waals surface area contributed by atoms with Crippen molar-refractivity contribution in [3.05, 3.63) is 83.4 Å². The van der Waals surface area contributed by atoms with Crippen molar-refractivity contribution in [1.29, 1.82) is 0 Å². The summed E-state index contributed by atoms with van der Waals surface area (Å²) in [6.45, 7) is 0.618. The highest BCUT2D eigenvalue weighted by Crippen LogP contribution is 2.27. The summed E-state index contributed by atoms with van der Waals surface area (Å²) in [6, 6.07) is 15.3. The van der Waals surface area contributed by atoms with E-state index >= 15 is 0 Å². The van der Waals surface area contributed by atoms with Gasteiger partial charge in [0, 0.05) is 43.5 Å². The number of imidazole rings is 1. The van der Waals surface area contributed by atoms with Crippen LogP contribution in [0.15, 0.2) is 71.9 Å². The van der Waals surface area contributed by atoms with Gasteiger partial charge < -0.3 is 9.88 Å². The summed E-state index contributed by atoms with van der Waals surface area (Å²) < 4.78 is 29.0. The molecule has 1 aliphatic heterocycles. The Labute approximate surface area is 193 Å². The number of carbonyl (C=O) groups excluding carboxylic acids is 1. The van der Waals surface area contributed by atoms with Gasteiger partial charge in [-0.05, 0) is 42.7 Å². The van der Waals surface area contributed by atoms with Crippen LogP contribution in [0.25, 0.3) is 0 Å². The molecule has 1 fully saturated rings. The lowest BCUT2D eigenvalue weighted by molar-refractivity contribution is -0.126. The molecule has 1 atom stereocenters. The summed E-state index contributed by atoms with van der Waals surface area (Å²) in [5, 5.41) is 3.73. The number of halogens is 1. The first-order valence-corrected chi connectivity index (χ1v) is 12.3. The number of hydrogen-bond acceptors (Lipinski definition) is 4. The van der Waals surface area contributed by atoms with Crippen molar-refractivity contribution in [3.8, 4) is 0 Å². The fourth-order valence-corrected chi connectivity index (χ4v) is 5.58. The van der Waals surface area contributed by atoms with Gasteiger partial charge >= 0.3 is 0 Å². The number of amides is 1. The molecule has 4 rings (SSSR count). The average Bonchev–Trinajstić information content (AvgIpc) is 3.24. The summed E-state index contributed by atoms with van der Waals surface area (Å²) >= 11 is 6.03. The molecule has 1 saturated heterocycles. The first-order valence-electron chi connectivity index (χ1n) is 10.4. The lowest BCUT2D eigenvalue weighted by Crippen LogP contribution is -2.44. The molecule has 0 unspecified atom stereocenters. The van der Waals surface area contributed by atoms with Crippen molar-refractivity contribution in [2.75, 3.05) is 13.1 Å². The molecular formula is C23H25ClN4O3S. The maximum Gasteiger partial charge on any atom is 0.243 e. The Bertz CT molecular complexity index is 1170. The smallest absolute Gasteiger partial charge is 0.243 e. The molecule has 2 heterocycles. The van der Waals surface area contributed by atoms with Crippen molar-refractivity contribution in [1.82, 2.24) is 19.2 Å². The van der Waals surface area contributed by atoms with Crippen LogP contribution in [-0.4, -0.2) is 41.3 Å². The van der Waals surface area contributed by atoms with Gasteiger partial charge in [0.2, 0.25) is 15.9 Å². The molecule has 32 heavy (non-hydrogen) atoms. The van der Waals surface area contributed by atoms with Crippen LogP contribution in [-0.2, 0) is 21.9 Å². The molecule has 2 aromatic carbocycles. The fourth-order valence-electron chi connectivity index (χ4n) is 3.97. The SMILES string of the molecule is Cn1ccnc1[C@@H](NC(=O)C1CCN(S(=O)(=O)c2ccccc2)CC1)c1ccc(Cl)cc1. The standard InChI is InChI=1S/C23H25ClN4O3S/c1-27-16-13-25-22(27)21(17-7-9-19(24)10-8-17)26-23(29)18-11-14-28(15-12-18)32(30,31)20-5-3-2-4-6-20/h2-10,13,16,18,21H,11-12,14-15H2,1H3,(H,26,29)/t21-/m0/s1. The molecule has 168 valence electrons. The molecule has 0 saturated carbocycles. The van der Waals surface area contributed by atoms with Gasteiger partial charge in [-0.1, -0.05) is 41.9 Å². The molecular weight excluding hydrogens is 448 g/mol. The number of nitrogens with zero attached hydrogens (tertiary/aromatic N) is 3. The number of nitrogens with one attached hydrogen (secondary N) is 1. The number of hydrogen-bond donors (Lipinski definition) is 1. The third kappa shape index (κ3) is 4.72. The Hall–Kier alpha value is -2.68. The summed E-state index contributed by atoms with van der Waals surface area (Å²) in [7, 11) is -1.67. The average molecular weight is 473 g/mol. The monoisotopic (exact) mass is 472 g/mol. The molecule has 0 bridgehead atoms. The van der Waals surface area contributed by atoms with Crippen LogP contribution in [0.1, 0.15) is 30.3 Å². The summed E-state index contributed by atoms with van der Waals surface area (Å²) in [5.41, 5.74) is 0.876. The van der Waals surface area contributed by atoms with Crippen LogP contribution in [0.2, 0.25) is 5.02 Å². The van der Waals surface area contributed by atoms with Crippen molar-refractivity contribution in [2.24, 2.45) is 13.0 Å². The molecule has 3 aromatic rings. The molecule has 1 amide bonds. The highest BCUT2D eigenvalue weighted by atomic mass is 35.5. The second-order valence-electron chi connectivity index (χ2n) is 7.88. The van der Waals surface area contributed by atoms with Crippen molar-refractivity contribution in [3.63, 3.8) is 0 Å². The minimum Gasteiger partial charge on any atom is -0.342 e. The van der Waals surface area contributed by atoms with Crippen LogP contribution in [0.5, 0.6) is 0 Å². The molecule has 1 N–H and O–H groups in total. The largest absolute Gasteiger partial charge is 0.342 e. The highest BCUT2D eigenvalue weighted by molar-refractivity contribution is 7.89. The van der Waals surface area contributed by atoms with Gasteiger partial charge in [-0.25, -0.2) is 13.4 Å². The van der Waals surface area contributed by atoms with Gasteiger partial charge in [0.25, 0.3) is 0 Å².